The van der Waals surface area contributed by atoms with Crippen molar-refractivity contribution in [2.24, 2.45) is 5.10 Å². The maximum atomic E-state index is 5.71. The third kappa shape index (κ3) is 6.79. The Morgan fingerprint density at radius 2 is 1.53 bits per heavy atom. The van der Waals surface area contributed by atoms with E-state index in [9.17, 15) is 0 Å². The molecule has 0 unspecified atom stereocenters. The van der Waals surface area contributed by atoms with E-state index >= 15 is 0 Å². The first-order chi connectivity index (χ1) is 14.7. The number of rotatable bonds is 9. The van der Waals surface area contributed by atoms with Gasteiger partial charge in [-0.15, -0.1) is 0 Å². The van der Waals surface area contributed by atoms with Crippen molar-refractivity contribution in [3.63, 3.8) is 0 Å². The quantitative estimate of drug-likeness (QED) is 0.230. The standard InChI is InChI=1S/C23H23N3O3S/c1-27-21-9-5-6-10-22(21)29-16-15-28-20-13-11-18(12-14-20)17-24-26-23(30)25-19-7-3-2-4-8-19/h2-14,17H,15-16H2,1H3,(H2,25,26,30)/b24-17+. The average Bonchev–Trinajstić information content (AvgIpc) is 2.78. The molecular weight excluding hydrogens is 398 g/mol. The summed E-state index contributed by atoms with van der Waals surface area (Å²) in [6, 6.07) is 24.8. The number of hydrogen-bond donors (Lipinski definition) is 2. The molecule has 154 valence electrons. The fourth-order valence-electron chi connectivity index (χ4n) is 2.55. The lowest BCUT2D eigenvalue weighted by atomic mass is 10.2. The molecule has 0 aliphatic heterocycles. The lowest BCUT2D eigenvalue weighted by Gasteiger charge is -2.11. The molecule has 0 fully saturated rings. The van der Waals surface area contributed by atoms with Crippen molar-refractivity contribution in [1.29, 1.82) is 0 Å². The van der Waals surface area contributed by atoms with Crippen LogP contribution in [0.1, 0.15) is 5.56 Å². The van der Waals surface area contributed by atoms with Crippen LogP contribution < -0.4 is 25.0 Å². The van der Waals surface area contributed by atoms with Gasteiger partial charge in [-0.3, -0.25) is 5.43 Å². The molecule has 6 nitrogen and oxygen atoms in total. The number of nitrogens with zero attached hydrogens (tertiary/aromatic N) is 1. The van der Waals surface area contributed by atoms with Crippen molar-refractivity contribution >= 4 is 29.2 Å². The molecule has 0 radical (unpaired) electrons. The van der Waals surface area contributed by atoms with E-state index < -0.39 is 0 Å². The van der Waals surface area contributed by atoms with E-state index in [-0.39, 0.29) is 0 Å². The molecule has 7 heteroatoms. The second-order valence-electron chi connectivity index (χ2n) is 6.11. The number of hydrazone groups is 1. The smallest absolute Gasteiger partial charge is 0.191 e. The Bertz CT molecular complexity index is 963. The summed E-state index contributed by atoms with van der Waals surface area (Å²) in [7, 11) is 1.62. The Labute approximate surface area is 181 Å². The van der Waals surface area contributed by atoms with Gasteiger partial charge in [0.25, 0.3) is 0 Å². The predicted octanol–water partition coefficient (Wildman–Crippen LogP) is 4.47. The van der Waals surface area contributed by atoms with Crippen molar-refractivity contribution in [2.75, 3.05) is 25.6 Å². The van der Waals surface area contributed by atoms with Crippen LogP contribution in [0.4, 0.5) is 5.69 Å². The molecule has 3 aromatic carbocycles. The van der Waals surface area contributed by atoms with E-state index in [4.69, 9.17) is 26.4 Å². The number of ether oxygens (including phenoxy) is 3. The molecule has 30 heavy (non-hydrogen) atoms. The van der Waals surface area contributed by atoms with E-state index in [2.05, 4.69) is 15.8 Å². The Balaban J connectivity index is 1.39. The summed E-state index contributed by atoms with van der Waals surface area (Å²) in [5.41, 5.74) is 4.62. The third-order valence-electron chi connectivity index (χ3n) is 3.97. The molecule has 0 saturated carbocycles. The zero-order valence-electron chi connectivity index (χ0n) is 16.6. The van der Waals surface area contributed by atoms with Crippen LogP contribution in [-0.4, -0.2) is 31.7 Å². The summed E-state index contributed by atoms with van der Waals surface area (Å²) in [4.78, 5) is 0. The minimum absolute atomic E-state index is 0.416. The Morgan fingerprint density at radius 1 is 0.867 bits per heavy atom. The van der Waals surface area contributed by atoms with E-state index in [0.717, 1.165) is 17.0 Å². The largest absolute Gasteiger partial charge is 0.493 e. The average molecular weight is 422 g/mol. The van der Waals surface area contributed by atoms with Crippen LogP contribution in [0.25, 0.3) is 0 Å². The molecule has 3 rings (SSSR count). The first-order valence-electron chi connectivity index (χ1n) is 9.38. The fraction of sp³-hybridized carbons (Fsp3) is 0.130. The van der Waals surface area contributed by atoms with Crippen molar-refractivity contribution in [2.45, 2.75) is 0 Å². The van der Waals surface area contributed by atoms with Crippen molar-refractivity contribution in [3.05, 3.63) is 84.4 Å². The van der Waals surface area contributed by atoms with Gasteiger partial charge in [0, 0.05) is 5.69 Å². The fourth-order valence-corrected chi connectivity index (χ4v) is 2.72. The first-order valence-corrected chi connectivity index (χ1v) is 9.79. The molecule has 0 aliphatic rings. The van der Waals surface area contributed by atoms with Crippen LogP contribution in [0, 0.1) is 0 Å². The van der Waals surface area contributed by atoms with Gasteiger partial charge in [0.1, 0.15) is 19.0 Å². The van der Waals surface area contributed by atoms with Gasteiger partial charge in [-0.05, 0) is 66.3 Å². The molecule has 0 aromatic heterocycles. The number of methoxy groups -OCH3 is 1. The van der Waals surface area contributed by atoms with Gasteiger partial charge in [0.05, 0.1) is 13.3 Å². The lowest BCUT2D eigenvalue weighted by Crippen LogP contribution is -2.23. The molecule has 0 saturated heterocycles. The number of anilines is 1. The Hall–Kier alpha value is -3.58. The van der Waals surface area contributed by atoms with Gasteiger partial charge in [-0.1, -0.05) is 30.3 Å². The summed E-state index contributed by atoms with van der Waals surface area (Å²) >= 11 is 5.21. The minimum atomic E-state index is 0.416. The molecule has 0 bridgehead atoms. The molecule has 0 amide bonds. The van der Waals surface area contributed by atoms with Crippen LogP contribution in [0.15, 0.2) is 84.0 Å². The maximum Gasteiger partial charge on any atom is 0.191 e. The highest BCUT2D eigenvalue weighted by Gasteiger charge is 2.02. The lowest BCUT2D eigenvalue weighted by molar-refractivity contribution is 0.211. The van der Waals surface area contributed by atoms with E-state index in [0.29, 0.717) is 29.8 Å². The van der Waals surface area contributed by atoms with E-state index in [1.54, 1.807) is 13.3 Å². The highest BCUT2D eigenvalue weighted by Crippen LogP contribution is 2.25. The van der Waals surface area contributed by atoms with E-state index in [1.165, 1.54) is 0 Å². The van der Waals surface area contributed by atoms with Crippen LogP contribution in [0.2, 0.25) is 0 Å². The summed E-state index contributed by atoms with van der Waals surface area (Å²) in [5, 5.41) is 7.62. The normalized spacial score (nSPS) is 10.4. The molecular formula is C23H23N3O3S. The van der Waals surface area contributed by atoms with Crippen molar-refractivity contribution in [1.82, 2.24) is 5.43 Å². The van der Waals surface area contributed by atoms with Gasteiger partial charge in [0.2, 0.25) is 0 Å². The van der Waals surface area contributed by atoms with E-state index in [1.807, 2.05) is 78.9 Å². The second kappa shape index (κ2) is 11.4. The van der Waals surface area contributed by atoms with Crippen LogP contribution in [0.5, 0.6) is 17.2 Å². The Kier molecular flexibility index (Phi) is 8.05. The van der Waals surface area contributed by atoms with Gasteiger partial charge in [0.15, 0.2) is 16.6 Å². The van der Waals surface area contributed by atoms with Crippen LogP contribution >= 0.6 is 12.2 Å². The predicted molar refractivity (Wildman–Crippen MR) is 124 cm³/mol. The highest BCUT2D eigenvalue weighted by atomic mass is 32.1. The van der Waals surface area contributed by atoms with Gasteiger partial charge in [-0.25, -0.2) is 0 Å². The zero-order valence-corrected chi connectivity index (χ0v) is 17.4. The first kappa shape index (κ1) is 21.1. The maximum absolute atomic E-state index is 5.71. The van der Waals surface area contributed by atoms with Gasteiger partial charge in [-0.2, -0.15) is 5.10 Å². The summed E-state index contributed by atoms with van der Waals surface area (Å²) < 4.78 is 16.7. The summed E-state index contributed by atoms with van der Waals surface area (Å²) in [6.07, 6.45) is 1.69. The molecule has 0 atom stereocenters. The Morgan fingerprint density at radius 3 is 2.27 bits per heavy atom. The van der Waals surface area contributed by atoms with Crippen LogP contribution in [-0.2, 0) is 0 Å². The summed E-state index contributed by atoms with van der Waals surface area (Å²) in [6.45, 7) is 0.839. The van der Waals surface area contributed by atoms with Gasteiger partial charge >= 0.3 is 0 Å². The minimum Gasteiger partial charge on any atom is -0.493 e. The monoisotopic (exact) mass is 421 g/mol. The third-order valence-corrected chi connectivity index (χ3v) is 4.16. The van der Waals surface area contributed by atoms with Gasteiger partial charge < -0.3 is 19.5 Å². The molecule has 0 heterocycles. The number of hydrogen-bond acceptors (Lipinski definition) is 5. The SMILES string of the molecule is COc1ccccc1OCCOc1ccc(/C=N/NC(=S)Nc2ccccc2)cc1. The second-order valence-corrected chi connectivity index (χ2v) is 6.52. The van der Waals surface area contributed by atoms with Crippen LogP contribution in [0.3, 0.4) is 0 Å². The van der Waals surface area contributed by atoms with Crippen molar-refractivity contribution in [3.8, 4) is 17.2 Å². The zero-order chi connectivity index (χ0) is 21.0. The number of para-hydroxylation sites is 3. The van der Waals surface area contributed by atoms with Crippen molar-refractivity contribution < 1.29 is 14.2 Å². The molecule has 2 N–H and O–H groups in total. The number of benzene rings is 3. The molecule has 0 spiro atoms. The highest BCUT2D eigenvalue weighted by molar-refractivity contribution is 7.80. The topological polar surface area (TPSA) is 64.1 Å². The number of nitrogens with one attached hydrogen (secondary N) is 2. The summed E-state index contributed by atoms with van der Waals surface area (Å²) in [5.74, 6) is 2.15. The number of thiocarbonyl (C=S) groups is 1. The molecule has 0 aliphatic carbocycles. The molecule has 3 aromatic rings.